The lowest BCUT2D eigenvalue weighted by Gasteiger charge is -2.38. The number of nitrogens with zero attached hydrogens (tertiary/aromatic N) is 1. The van der Waals surface area contributed by atoms with Gasteiger partial charge in [-0.15, -0.1) is 0 Å². The van der Waals surface area contributed by atoms with Crippen LogP contribution in [0.1, 0.15) is 52.0 Å². The molecule has 0 aromatic heterocycles. The highest BCUT2D eigenvalue weighted by Crippen LogP contribution is 2.30. The zero-order valence-corrected chi connectivity index (χ0v) is 22.1. The van der Waals surface area contributed by atoms with E-state index in [1.807, 2.05) is 29.2 Å². The molecule has 0 aliphatic heterocycles. The van der Waals surface area contributed by atoms with E-state index in [9.17, 15) is 9.59 Å². The molecule has 2 atom stereocenters. The van der Waals surface area contributed by atoms with Crippen LogP contribution in [-0.4, -0.2) is 50.1 Å². The van der Waals surface area contributed by atoms with Gasteiger partial charge in [0.2, 0.25) is 0 Å². The Morgan fingerprint density at radius 2 is 1.61 bits per heavy atom. The lowest BCUT2D eigenvalue weighted by atomic mass is 9.89. The Balaban J connectivity index is 1.53. The van der Waals surface area contributed by atoms with Crippen molar-refractivity contribution >= 4 is 17.5 Å². The van der Waals surface area contributed by atoms with Gasteiger partial charge in [-0.3, -0.25) is 9.59 Å². The van der Waals surface area contributed by atoms with Crippen molar-refractivity contribution in [2.75, 3.05) is 26.6 Å². The Kier molecular flexibility index (Phi) is 8.86. The summed E-state index contributed by atoms with van der Waals surface area (Å²) in [5.41, 5.74) is 9.13. The third kappa shape index (κ3) is 6.26. The van der Waals surface area contributed by atoms with Crippen molar-refractivity contribution < 1.29 is 23.8 Å². The Morgan fingerprint density at radius 1 is 0.868 bits per heavy atom. The maximum absolute atomic E-state index is 13.8. The number of carbonyl (C=O) groups is 2. The predicted molar refractivity (Wildman–Crippen MR) is 147 cm³/mol. The summed E-state index contributed by atoms with van der Waals surface area (Å²) in [6.07, 6.45) is 3.84. The fraction of sp³-hybridized carbons (Fsp3) is 0.333. The number of ether oxygens (including phenoxy) is 3. The molecule has 0 spiro atoms. The lowest BCUT2D eigenvalue weighted by Crippen LogP contribution is -2.51. The molecule has 3 aromatic rings. The molecular weight excluding hydrogens is 482 g/mol. The van der Waals surface area contributed by atoms with Gasteiger partial charge in [-0.25, -0.2) is 0 Å². The van der Waals surface area contributed by atoms with Crippen LogP contribution in [-0.2, 0) is 6.54 Å². The number of benzene rings is 3. The van der Waals surface area contributed by atoms with E-state index in [1.165, 1.54) is 0 Å². The average molecular weight is 518 g/mol. The van der Waals surface area contributed by atoms with Gasteiger partial charge < -0.3 is 30.2 Å². The van der Waals surface area contributed by atoms with Crippen LogP contribution in [0.4, 0.5) is 5.69 Å². The minimum Gasteiger partial charge on any atom is -0.497 e. The molecule has 3 aromatic carbocycles. The molecule has 8 nitrogen and oxygen atoms in total. The summed E-state index contributed by atoms with van der Waals surface area (Å²) in [6.45, 7) is 0.398. The van der Waals surface area contributed by atoms with E-state index < -0.39 is 0 Å². The third-order valence-corrected chi connectivity index (χ3v) is 6.97. The molecule has 1 aliphatic rings. The minimum absolute atomic E-state index is 0.0724. The second-order valence-corrected chi connectivity index (χ2v) is 9.40. The van der Waals surface area contributed by atoms with Gasteiger partial charge in [0.1, 0.15) is 5.75 Å². The summed E-state index contributed by atoms with van der Waals surface area (Å²) in [5.74, 6) is 1.35. The largest absolute Gasteiger partial charge is 0.497 e. The maximum atomic E-state index is 13.8. The maximum Gasteiger partial charge on any atom is 0.255 e. The SMILES string of the molecule is COc1cccc(C(=O)Nc2ccc(CN(C(=O)c3ccc(OC)c(OC)c3)C3CCCCC3N)cc2)c1. The van der Waals surface area contributed by atoms with E-state index in [2.05, 4.69) is 5.32 Å². The summed E-state index contributed by atoms with van der Waals surface area (Å²) in [4.78, 5) is 28.3. The summed E-state index contributed by atoms with van der Waals surface area (Å²) in [7, 11) is 4.68. The predicted octanol–water partition coefficient (Wildman–Crippen LogP) is 4.88. The van der Waals surface area contributed by atoms with Gasteiger partial charge in [0.15, 0.2) is 11.5 Å². The first kappa shape index (κ1) is 27.0. The first-order valence-electron chi connectivity index (χ1n) is 12.8. The van der Waals surface area contributed by atoms with Crippen LogP contribution in [0.5, 0.6) is 17.2 Å². The molecular formula is C30H35N3O5. The Hall–Kier alpha value is -4.04. The van der Waals surface area contributed by atoms with Crippen LogP contribution in [0.3, 0.4) is 0 Å². The molecule has 1 aliphatic carbocycles. The number of amides is 2. The number of nitrogens with two attached hydrogens (primary N) is 1. The molecule has 4 rings (SSSR count). The highest BCUT2D eigenvalue weighted by Gasteiger charge is 2.32. The summed E-state index contributed by atoms with van der Waals surface area (Å²) in [5, 5.41) is 2.91. The minimum atomic E-state index is -0.227. The summed E-state index contributed by atoms with van der Waals surface area (Å²) < 4.78 is 16.0. The van der Waals surface area contributed by atoms with Crippen LogP contribution in [0.25, 0.3) is 0 Å². The van der Waals surface area contributed by atoms with E-state index in [1.54, 1.807) is 63.8 Å². The standard InChI is InChI=1S/C30H35N3O5/c1-36-24-8-6-7-21(17-24)29(34)32-23-14-11-20(12-15-23)19-33(26-10-5-4-9-25(26)31)30(35)22-13-16-27(37-2)28(18-22)38-3/h6-8,11-18,25-26H,4-5,9-10,19,31H2,1-3H3,(H,32,34). The smallest absolute Gasteiger partial charge is 0.255 e. The number of anilines is 1. The van der Waals surface area contributed by atoms with Crippen molar-refractivity contribution in [3.8, 4) is 17.2 Å². The van der Waals surface area contributed by atoms with Crippen molar-refractivity contribution in [1.29, 1.82) is 0 Å². The molecule has 2 amide bonds. The van der Waals surface area contributed by atoms with E-state index in [4.69, 9.17) is 19.9 Å². The van der Waals surface area contributed by atoms with Crippen LogP contribution in [0.2, 0.25) is 0 Å². The number of methoxy groups -OCH3 is 3. The fourth-order valence-corrected chi connectivity index (χ4v) is 4.86. The number of hydrogen-bond donors (Lipinski definition) is 2. The second-order valence-electron chi connectivity index (χ2n) is 9.40. The van der Waals surface area contributed by atoms with Gasteiger partial charge in [-0.2, -0.15) is 0 Å². The van der Waals surface area contributed by atoms with Crippen molar-refractivity contribution in [3.05, 3.63) is 83.4 Å². The molecule has 38 heavy (non-hydrogen) atoms. The van der Waals surface area contributed by atoms with Gasteiger partial charge >= 0.3 is 0 Å². The Bertz CT molecular complexity index is 1260. The van der Waals surface area contributed by atoms with Gasteiger partial charge in [0.05, 0.1) is 21.3 Å². The van der Waals surface area contributed by atoms with E-state index in [0.717, 1.165) is 31.2 Å². The number of hydrogen-bond acceptors (Lipinski definition) is 6. The monoisotopic (exact) mass is 517 g/mol. The van der Waals surface area contributed by atoms with Crippen molar-refractivity contribution in [2.45, 2.75) is 44.3 Å². The summed E-state index contributed by atoms with van der Waals surface area (Å²) in [6, 6.07) is 19.6. The molecule has 8 heteroatoms. The number of nitrogens with one attached hydrogen (secondary N) is 1. The fourth-order valence-electron chi connectivity index (χ4n) is 4.86. The van der Waals surface area contributed by atoms with Crippen molar-refractivity contribution in [2.24, 2.45) is 5.73 Å². The van der Waals surface area contributed by atoms with Crippen molar-refractivity contribution in [3.63, 3.8) is 0 Å². The first-order valence-corrected chi connectivity index (χ1v) is 12.8. The average Bonchev–Trinajstić information content (AvgIpc) is 2.96. The van der Waals surface area contributed by atoms with Crippen LogP contribution in [0, 0.1) is 0 Å². The molecule has 1 saturated carbocycles. The molecule has 3 N–H and O–H groups in total. The van der Waals surface area contributed by atoms with Gasteiger partial charge in [-0.05, 0) is 66.9 Å². The van der Waals surface area contributed by atoms with E-state index in [0.29, 0.717) is 40.6 Å². The normalized spacial score (nSPS) is 16.8. The molecule has 0 saturated heterocycles. The topological polar surface area (TPSA) is 103 Å². The van der Waals surface area contributed by atoms with Crippen molar-refractivity contribution in [1.82, 2.24) is 4.90 Å². The third-order valence-electron chi connectivity index (χ3n) is 6.97. The molecule has 0 radical (unpaired) electrons. The van der Waals surface area contributed by atoms with Gasteiger partial charge in [0, 0.05) is 35.4 Å². The molecule has 200 valence electrons. The highest BCUT2D eigenvalue weighted by molar-refractivity contribution is 6.04. The van der Waals surface area contributed by atoms with E-state index >= 15 is 0 Å². The second kappa shape index (κ2) is 12.5. The molecule has 2 unspecified atom stereocenters. The Morgan fingerprint density at radius 3 is 2.29 bits per heavy atom. The van der Waals surface area contributed by atoms with E-state index in [-0.39, 0.29) is 23.9 Å². The quantitative estimate of drug-likeness (QED) is 0.420. The molecule has 1 fully saturated rings. The summed E-state index contributed by atoms with van der Waals surface area (Å²) >= 11 is 0. The first-order chi connectivity index (χ1) is 18.4. The van der Waals surface area contributed by atoms with Gasteiger partial charge in [0.25, 0.3) is 11.8 Å². The molecule has 0 heterocycles. The number of rotatable bonds is 9. The van der Waals surface area contributed by atoms with Crippen LogP contribution >= 0.6 is 0 Å². The van der Waals surface area contributed by atoms with Crippen LogP contribution in [0.15, 0.2) is 66.7 Å². The van der Waals surface area contributed by atoms with Crippen LogP contribution < -0.4 is 25.3 Å². The lowest BCUT2D eigenvalue weighted by molar-refractivity contribution is 0.0583. The highest BCUT2D eigenvalue weighted by atomic mass is 16.5. The number of carbonyl (C=O) groups excluding carboxylic acids is 2. The zero-order chi connectivity index (χ0) is 27.1. The molecule has 0 bridgehead atoms. The Labute approximate surface area is 223 Å². The van der Waals surface area contributed by atoms with Gasteiger partial charge in [-0.1, -0.05) is 31.0 Å². The zero-order valence-electron chi connectivity index (χ0n) is 22.1.